The van der Waals surface area contributed by atoms with Crippen LogP contribution in [0.25, 0.3) is 0 Å². The van der Waals surface area contributed by atoms with Crippen LogP contribution in [0, 0.1) is 0 Å². The average Bonchev–Trinajstić information content (AvgIpc) is 2.79. The summed E-state index contributed by atoms with van der Waals surface area (Å²) in [4.78, 5) is 38.4. The van der Waals surface area contributed by atoms with Gasteiger partial charge in [0.25, 0.3) is 5.60 Å². The SMILES string of the molecule is CCOC(=O)C(OCC=C(C)CCC=C(C)CCC=C(C)C)C(OC)(C(=O)OCC)C(=O)OCC. The van der Waals surface area contributed by atoms with Crippen molar-refractivity contribution in [2.75, 3.05) is 33.5 Å². The van der Waals surface area contributed by atoms with Gasteiger partial charge in [0.2, 0.25) is 6.10 Å². The summed E-state index contributed by atoms with van der Waals surface area (Å²) in [5.41, 5.74) is 1.26. The molecule has 0 amide bonds. The van der Waals surface area contributed by atoms with Crippen molar-refractivity contribution >= 4 is 17.9 Å². The highest BCUT2D eigenvalue weighted by Crippen LogP contribution is 2.25. The van der Waals surface area contributed by atoms with E-state index in [1.165, 1.54) is 11.1 Å². The first-order valence-electron chi connectivity index (χ1n) is 12.2. The first kappa shape index (κ1) is 32.5. The molecule has 0 heterocycles. The molecule has 200 valence electrons. The molecule has 0 bridgehead atoms. The van der Waals surface area contributed by atoms with Crippen molar-refractivity contribution in [1.82, 2.24) is 0 Å². The number of hydrogen-bond donors (Lipinski definition) is 0. The minimum absolute atomic E-state index is 0.0261. The van der Waals surface area contributed by atoms with Crippen molar-refractivity contribution in [3.05, 3.63) is 34.9 Å². The molecule has 8 nitrogen and oxygen atoms in total. The first-order chi connectivity index (χ1) is 16.6. The molecule has 0 aromatic rings. The topological polar surface area (TPSA) is 97.4 Å². The molecule has 0 aliphatic heterocycles. The molecule has 1 unspecified atom stereocenters. The maximum atomic E-state index is 12.8. The normalized spacial score (nSPS) is 13.1. The third-order valence-corrected chi connectivity index (χ3v) is 5.17. The maximum Gasteiger partial charge on any atom is 0.353 e. The number of carbonyl (C=O) groups is 3. The Labute approximate surface area is 210 Å². The van der Waals surface area contributed by atoms with E-state index in [1.807, 2.05) is 6.92 Å². The summed E-state index contributed by atoms with van der Waals surface area (Å²) < 4.78 is 26.2. The number of allylic oxidation sites excluding steroid dienone is 5. The second-order valence-corrected chi connectivity index (χ2v) is 8.31. The van der Waals surface area contributed by atoms with Crippen LogP contribution in [-0.4, -0.2) is 63.2 Å². The molecule has 0 spiro atoms. The Morgan fingerprint density at radius 1 is 0.743 bits per heavy atom. The van der Waals surface area contributed by atoms with E-state index in [9.17, 15) is 14.4 Å². The van der Waals surface area contributed by atoms with Gasteiger partial charge in [-0.25, -0.2) is 14.4 Å². The lowest BCUT2D eigenvalue weighted by Gasteiger charge is -2.33. The predicted molar refractivity (Wildman–Crippen MR) is 135 cm³/mol. The molecule has 0 aliphatic rings. The maximum absolute atomic E-state index is 12.8. The van der Waals surface area contributed by atoms with E-state index in [0.717, 1.165) is 38.4 Å². The Hall–Kier alpha value is -2.45. The Kier molecular flexibility index (Phi) is 16.7. The third-order valence-electron chi connectivity index (χ3n) is 5.17. The van der Waals surface area contributed by atoms with Crippen LogP contribution in [0.4, 0.5) is 0 Å². The quantitative estimate of drug-likeness (QED) is 0.122. The Morgan fingerprint density at radius 2 is 1.23 bits per heavy atom. The molecule has 1 atom stereocenters. The van der Waals surface area contributed by atoms with Gasteiger partial charge >= 0.3 is 17.9 Å². The summed E-state index contributed by atoms with van der Waals surface area (Å²) in [7, 11) is 1.12. The van der Waals surface area contributed by atoms with Gasteiger partial charge in [0.05, 0.1) is 26.4 Å². The van der Waals surface area contributed by atoms with Crippen LogP contribution in [0.3, 0.4) is 0 Å². The van der Waals surface area contributed by atoms with Gasteiger partial charge in [-0.1, -0.05) is 34.9 Å². The van der Waals surface area contributed by atoms with E-state index in [0.29, 0.717) is 0 Å². The zero-order valence-electron chi connectivity index (χ0n) is 22.7. The van der Waals surface area contributed by atoms with Gasteiger partial charge < -0.3 is 23.7 Å². The number of rotatable bonds is 17. The Morgan fingerprint density at radius 3 is 1.69 bits per heavy atom. The highest BCUT2D eigenvalue weighted by molar-refractivity contribution is 6.08. The monoisotopic (exact) mass is 496 g/mol. The summed E-state index contributed by atoms with van der Waals surface area (Å²) in [5.74, 6) is -3.07. The molecule has 0 fully saturated rings. The molecule has 0 saturated carbocycles. The van der Waals surface area contributed by atoms with E-state index >= 15 is 0 Å². The zero-order chi connectivity index (χ0) is 26.9. The van der Waals surface area contributed by atoms with Crippen molar-refractivity contribution in [2.45, 2.75) is 85.9 Å². The van der Waals surface area contributed by atoms with Crippen LogP contribution in [0.2, 0.25) is 0 Å². The number of esters is 3. The van der Waals surface area contributed by atoms with Crippen LogP contribution < -0.4 is 0 Å². The molecule has 35 heavy (non-hydrogen) atoms. The second kappa shape index (κ2) is 17.9. The molecule has 0 aliphatic carbocycles. The molecule has 8 heteroatoms. The molecule has 0 N–H and O–H groups in total. The predicted octanol–water partition coefficient (Wildman–Crippen LogP) is 4.87. The minimum Gasteiger partial charge on any atom is -0.464 e. The van der Waals surface area contributed by atoms with Gasteiger partial charge in [0.1, 0.15) is 0 Å². The highest BCUT2D eigenvalue weighted by Gasteiger charge is 2.60. The van der Waals surface area contributed by atoms with Crippen molar-refractivity contribution in [3.8, 4) is 0 Å². The van der Waals surface area contributed by atoms with Gasteiger partial charge in [0, 0.05) is 7.11 Å². The smallest absolute Gasteiger partial charge is 0.353 e. The minimum atomic E-state index is -2.44. The highest BCUT2D eigenvalue weighted by atomic mass is 16.6. The van der Waals surface area contributed by atoms with Crippen LogP contribution in [0.5, 0.6) is 0 Å². The first-order valence-corrected chi connectivity index (χ1v) is 12.2. The van der Waals surface area contributed by atoms with Crippen molar-refractivity contribution in [2.24, 2.45) is 0 Å². The number of ether oxygens (including phenoxy) is 5. The van der Waals surface area contributed by atoms with Gasteiger partial charge in [-0.05, 0) is 74.1 Å². The fourth-order valence-corrected chi connectivity index (χ4v) is 3.24. The van der Waals surface area contributed by atoms with E-state index in [-0.39, 0.29) is 26.4 Å². The standard InChI is InChI=1S/C27H44O8/c1-9-32-24(28)23(27(31-8,25(29)33-10-2)26(30)34-11-3)35-19-18-22(7)17-13-16-21(6)15-12-14-20(4)5/h14,16,18,23H,9-13,15,17,19H2,1-8H3. The van der Waals surface area contributed by atoms with Crippen molar-refractivity contribution in [1.29, 1.82) is 0 Å². The molecule has 0 aromatic heterocycles. The Balaban J connectivity index is 5.51. The molecule has 0 aromatic carbocycles. The number of methoxy groups -OCH3 is 1. The van der Waals surface area contributed by atoms with Crippen molar-refractivity contribution < 1.29 is 38.1 Å². The van der Waals surface area contributed by atoms with E-state index < -0.39 is 29.6 Å². The van der Waals surface area contributed by atoms with E-state index in [4.69, 9.17) is 23.7 Å². The van der Waals surface area contributed by atoms with E-state index in [1.54, 1.807) is 26.8 Å². The van der Waals surface area contributed by atoms with E-state index in [2.05, 4.69) is 32.9 Å². The molecule has 0 saturated heterocycles. The molecule has 0 rings (SSSR count). The lowest BCUT2D eigenvalue weighted by molar-refractivity contribution is -0.212. The second-order valence-electron chi connectivity index (χ2n) is 8.31. The van der Waals surface area contributed by atoms with Crippen LogP contribution in [-0.2, 0) is 38.1 Å². The third kappa shape index (κ3) is 11.2. The lowest BCUT2D eigenvalue weighted by Crippen LogP contribution is -2.62. The van der Waals surface area contributed by atoms with Gasteiger partial charge in [-0.15, -0.1) is 0 Å². The molecular formula is C27H44O8. The largest absolute Gasteiger partial charge is 0.464 e. The summed E-state index contributed by atoms with van der Waals surface area (Å²) >= 11 is 0. The van der Waals surface area contributed by atoms with Crippen molar-refractivity contribution in [3.63, 3.8) is 0 Å². The van der Waals surface area contributed by atoms with Crippen LogP contribution in [0.1, 0.15) is 74.1 Å². The van der Waals surface area contributed by atoms with Gasteiger partial charge in [-0.3, -0.25) is 0 Å². The van der Waals surface area contributed by atoms with Gasteiger partial charge in [-0.2, -0.15) is 0 Å². The van der Waals surface area contributed by atoms with Crippen LogP contribution in [0.15, 0.2) is 34.9 Å². The summed E-state index contributed by atoms with van der Waals surface area (Å²) in [6.45, 7) is 13.0. The molecular weight excluding hydrogens is 452 g/mol. The number of hydrogen-bond acceptors (Lipinski definition) is 8. The summed E-state index contributed by atoms with van der Waals surface area (Å²) in [6.07, 6.45) is 8.28. The van der Waals surface area contributed by atoms with Gasteiger partial charge in [0.15, 0.2) is 0 Å². The Bertz CT molecular complexity index is 741. The fourth-order valence-electron chi connectivity index (χ4n) is 3.24. The van der Waals surface area contributed by atoms with Crippen LogP contribution >= 0.6 is 0 Å². The fraction of sp³-hybridized carbons (Fsp3) is 0.667. The number of carbonyl (C=O) groups excluding carboxylic acids is 3. The zero-order valence-corrected chi connectivity index (χ0v) is 22.7. The molecule has 0 radical (unpaired) electrons. The summed E-state index contributed by atoms with van der Waals surface area (Å²) in [6, 6.07) is 0. The lowest BCUT2D eigenvalue weighted by atomic mass is 9.95. The average molecular weight is 497 g/mol. The summed E-state index contributed by atoms with van der Waals surface area (Å²) in [5, 5.41) is 0.